The number of hydrogen-bond donors (Lipinski definition) is 0. The fourth-order valence-corrected chi connectivity index (χ4v) is 3.38. The van der Waals surface area contributed by atoms with Crippen molar-refractivity contribution in [1.29, 1.82) is 0 Å². The highest BCUT2D eigenvalue weighted by Gasteiger charge is 2.27. The lowest BCUT2D eigenvalue weighted by molar-refractivity contribution is -0.116. The number of carbonyl (C=O) groups excluding carboxylic acids is 2. The van der Waals surface area contributed by atoms with Crippen molar-refractivity contribution < 1.29 is 22.7 Å². The number of aromatic nitrogens is 1. The Bertz CT molecular complexity index is 977. The lowest BCUT2D eigenvalue weighted by Gasteiger charge is -2.22. The first kappa shape index (κ1) is 20.7. The van der Waals surface area contributed by atoms with Gasteiger partial charge in [-0.1, -0.05) is 11.6 Å². The Morgan fingerprint density at radius 2 is 1.67 bits per heavy atom. The minimum Gasteiger partial charge on any atom is -0.481 e. The molecular formula is C17H18ClN3O5S. The van der Waals surface area contributed by atoms with Gasteiger partial charge in [-0.25, -0.2) is 17.7 Å². The second-order valence-electron chi connectivity index (χ2n) is 5.65. The summed E-state index contributed by atoms with van der Waals surface area (Å²) in [6.07, 6.45) is 0.917. The first-order valence-corrected chi connectivity index (χ1v) is 9.87. The van der Waals surface area contributed by atoms with Crippen molar-refractivity contribution >= 4 is 44.8 Å². The van der Waals surface area contributed by atoms with E-state index in [1.54, 1.807) is 19.2 Å². The third-order valence-corrected chi connectivity index (χ3v) is 4.92. The average molecular weight is 412 g/mol. The molecule has 1 heterocycles. The molecule has 10 heteroatoms. The van der Waals surface area contributed by atoms with Crippen LogP contribution >= 0.6 is 11.6 Å². The predicted molar refractivity (Wildman–Crippen MR) is 103 cm³/mol. The molecular weight excluding hydrogens is 394 g/mol. The van der Waals surface area contributed by atoms with Gasteiger partial charge in [-0.2, -0.15) is 0 Å². The number of methoxy groups -OCH3 is 1. The summed E-state index contributed by atoms with van der Waals surface area (Å²) in [6, 6.07) is 8.51. The van der Waals surface area contributed by atoms with Crippen LogP contribution in [0.15, 0.2) is 36.4 Å². The first-order valence-electron chi connectivity index (χ1n) is 7.65. The molecule has 0 bridgehead atoms. The summed E-state index contributed by atoms with van der Waals surface area (Å²) in [5.74, 6) is -0.914. The summed E-state index contributed by atoms with van der Waals surface area (Å²) in [5, 5.41) is -0.00965. The summed E-state index contributed by atoms with van der Waals surface area (Å²) in [5.41, 5.74) is 0.679. The lowest BCUT2D eigenvalue weighted by atomic mass is 10.2. The van der Waals surface area contributed by atoms with Crippen molar-refractivity contribution in [3.63, 3.8) is 0 Å². The van der Waals surface area contributed by atoms with Gasteiger partial charge in [-0.15, -0.1) is 0 Å². The van der Waals surface area contributed by atoms with E-state index in [0.29, 0.717) is 9.99 Å². The summed E-state index contributed by atoms with van der Waals surface area (Å²) in [4.78, 5) is 29.6. The third-order valence-electron chi connectivity index (χ3n) is 3.69. The number of anilines is 2. The molecule has 8 nitrogen and oxygen atoms in total. The fraction of sp³-hybridized carbons (Fsp3) is 0.235. The highest BCUT2D eigenvalue weighted by atomic mass is 35.5. The highest BCUT2D eigenvalue weighted by Crippen LogP contribution is 2.26. The van der Waals surface area contributed by atoms with Gasteiger partial charge in [0.2, 0.25) is 21.8 Å². The Kier molecular flexibility index (Phi) is 6.07. The van der Waals surface area contributed by atoms with E-state index in [9.17, 15) is 18.0 Å². The van der Waals surface area contributed by atoms with Crippen LogP contribution in [0.4, 0.5) is 11.4 Å². The second kappa shape index (κ2) is 7.93. The van der Waals surface area contributed by atoms with E-state index in [4.69, 9.17) is 16.3 Å². The van der Waals surface area contributed by atoms with Gasteiger partial charge in [0.25, 0.3) is 5.91 Å². The number of benzene rings is 1. The van der Waals surface area contributed by atoms with E-state index >= 15 is 0 Å². The molecule has 0 saturated carbocycles. The van der Waals surface area contributed by atoms with Crippen molar-refractivity contribution in [1.82, 2.24) is 4.98 Å². The largest absolute Gasteiger partial charge is 0.481 e. The highest BCUT2D eigenvalue weighted by molar-refractivity contribution is 7.92. The van der Waals surface area contributed by atoms with E-state index < -0.39 is 15.9 Å². The number of hydrogen-bond acceptors (Lipinski definition) is 6. The van der Waals surface area contributed by atoms with Gasteiger partial charge in [-0.05, 0) is 30.3 Å². The molecule has 2 rings (SSSR count). The van der Waals surface area contributed by atoms with E-state index in [1.165, 1.54) is 43.2 Å². The molecule has 27 heavy (non-hydrogen) atoms. The maximum atomic E-state index is 12.9. The molecule has 0 unspecified atom stereocenters. The monoisotopic (exact) mass is 411 g/mol. The van der Waals surface area contributed by atoms with Crippen LogP contribution in [0.25, 0.3) is 0 Å². The molecule has 0 radical (unpaired) electrons. The van der Waals surface area contributed by atoms with Crippen molar-refractivity contribution in [3.05, 3.63) is 47.1 Å². The molecule has 144 valence electrons. The Morgan fingerprint density at radius 1 is 1.11 bits per heavy atom. The Hall–Kier alpha value is -2.65. The summed E-state index contributed by atoms with van der Waals surface area (Å²) in [7, 11) is -1.01. The molecule has 0 fully saturated rings. The van der Waals surface area contributed by atoms with Crippen molar-refractivity contribution in [3.8, 4) is 5.88 Å². The van der Waals surface area contributed by atoms with Crippen LogP contribution in [-0.4, -0.2) is 45.6 Å². The first-order chi connectivity index (χ1) is 12.5. The van der Waals surface area contributed by atoms with Gasteiger partial charge >= 0.3 is 0 Å². The van der Waals surface area contributed by atoms with E-state index in [-0.39, 0.29) is 28.2 Å². The number of amides is 2. The average Bonchev–Trinajstić information content (AvgIpc) is 2.59. The number of sulfonamides is 1. The van der Waals surface area contributed by atoms with Crippen molar-refractivity contribution in [2.45, 2.75) is 6.92 Å². The van der Waals surface area contributed by atoms with Crippen LogP contribution in [0, 0.1) is 0 Å². The van der Waals surface area contributed by atoms with E-state index in [2.05, 4.69) is 4.98 Å². The summed E-state index contributed by atoms with van der Waals surface area (Å²) in [6.45, 7) is 1.40. The van der Waals surface area contributed by atoms with Gasteiger partial charge in [0, 0.05) is 31.3 Å². The normalized spacial score (nSPS) is 11.0. The minimum absolute atomic E-state index is 0.00204. The number of pyridine rings is 1. The number of halogens is 1. The molecule has 1 aromatic heterocycles. The third kappa shape index (κ3) is 4.75. The number of nitrogens with zero attached hydrogens (tertiary/aromatic N) is 3. The maximum Gasteiger partial charge on any atom is 0.272 e. The van der Waals surface area contributed by atoms with Crippen LogP contribution in [-0.2, 0) is 14.8 Å². The molecule has 2 aromatic rings. The number of rotatable bonds is 5. The smallest absolute Gasteiger partial charge is 0.272 e. The zero-order chi connectivity index (χ0) is 20.4. The Morgan fingerprint density at radius 3 is 2.15 bits per heavy atom. The van der Waals surface area contributed by atoms with Gasteiger partial charge in [0.1, 0.15) is 5.15 Å². The van der Waals surface area contributed by atoms with E-state index in [0.717, 1.165) is 6.26 Å². The topological polar surface area (TPSA) is 96.9 Å². The standard InChI is InChI=1S/C17H18ClN3O5S/c1-11(22)20(2)13-5-7-14(8-6-13)21(27(4,24)25)17(23)12-9-15(18)19-16(10-12)26-3/h5-10H,1-4H3. The predicted octanol–water partition coefficient (Wildman–Crippen LogP) is 2.33. The molecule has 0 N–H and O–H groups in total. The zero-order valence-electron chi connectivity index (χ0n) is 15.1. The van der Waals surface area contributed by atoms with Crippen LogP contribution in [0.1, 0.15) is 17.3 Å². The van der Waals surface area contributed by atoms with Gasteiger partial charge in [-0.3, -0.25) is 9.59 Å². The van der Waals surface area contributed by atoms with Crippen molar-refractivity contribution in [2.24, 2.45) is 0 Å². The quantitative estimate of drug-likeness (QED) is 0.700. The van der Waals surface area contributed by atoms with E-state index in [1.807, 2.05) is 0 Å². The molecule has 2 amide bonds. The van der Waals surface area contributed by atoms with Crippen LogP contribution in [0.2, 0.25) is 5.15 Å². The molecule has 0 saturated heterocycles. The number of ether oxygens (including phenoxy) is 1. The molecule has 0 spiro atoms. The van der Waals surface area contributed by atoms with Crippen LogP contribution in [0.3, 0.4) is 0 Å². The van der Waals surface area contributed by atoms with Gasteiger partial charge in [0.05, 0.1) is 19.1 Å². The van der Waals surface area contributed by atoms with Gasteiger partial charge < -0.3 is 9.64 Å². The van der Waals surface area contributed by atoms with Crippen molar-refractivity contribution in [2.75, 3.05) is 29.6 Å². The maximum absolute atomic E-state index is 12.9. The second-order valence-corrected chi connectivity index (χ2v) is 7.87. The van der Waals surface area contributed by atoms with Crippen LogP contribution < -0.4 is 13.9 Å². The zero-order valence-corrected chi connectivity index (χ0v) is 16.7. The SMILES string of the molecule is COc1cc(C(=O)N(c2ccc(N(C)C(C)=O)cc2)S(C)(=O)=O)cc(Cl)n1. The molecule has 0 aliphatic rings. The molecule has 0 aliphatic carbocycles. The summed E-state index contributed by atoms with van der Waals surface area (Å²) < 4.78 is 30.2. The molecule has 0 aliphatic heterocycles. The van der Waals surface area contributed by atoms with Gasteiger partial charge in [0.15, 0.2) is 0 Å². The fourth-order valence-electron chi connectivity index (χ4n) is 2.27. The molecule has 1 aromatic carbocycles. The summed E-state index contributed by atoms with van der Waals surface area (Å²) >= 11 is 5.87. The lowest BCUT2D eigenvalue weighted by Crippen LogP contribution is -2.36. The Balaban J connectivity index is 2.49. The number of carbonyl (C=O) groups is 2. The molecule has 0 atom stereocenters. The Labute approximate surface area is 162 Å². The minimum atomic E-state index is -3.95. The van der Waals surface area contributed by atoms with Crippen LogP contribution in [0.5, 0.6) is 5.88 Å².